The summed E-state index contributed by atoms with van der Waals surface area (Å²) in [5, 5.41) is 22.0. The summed E-state index contributed by atoms with van der Waals surface area (Å²) in [4.78, 5) is 12.1. The minimum absolute atomic E-state index is 0.176. The summed E-state index contributed by atoms with van der Waals surface area (Å²) in [6, 6.07) is 5.86. The molecule has 112 valence electrons. The normalized spacial score (nSPS) is 13.9. The molecule has 5 nitrogen and oxygen atoms in total. The Labute approximate surface area is 119 Å². The average Bonchev–Trinajstić information content (AvgIpc) is 2.30. The van der Waals surface area contributed by atoms with Gasteiger partial charge in [-0.25, -0.2) is 0 Å². The Balaban J connectivity index is 2.66. The lowest BCUT2D eigenvalue weighted by Crippen LogP contribution is -2.60. The summed E-state index contributed by atoms with van der Waals surface area (Å²) in [6.45, 7) is 6.77. The van der Waals surface area contributed by atoms with E-state index in [1.165, 1.54) is 0 Å². The lowest BCUT2D eigenvalue weighted by atomic mass is 9.85. The van der Waals surface area contributed by atoms with E-state index in [1.54, 1.807) is 52.0 Å². The molecule has 0 heterocycles. The van der Waals surface area contributed by atoms with Gasteiger partial charge in [0.05, 0.1) is 17.2 Å². The average molecular weight is 280 g/mol. The van der Waals surface area contributed by atoms with Gasteiger partial charge in [-0.3, -0.25) is 4.79 Å². The van der Waals surface area contributed by atoms with Crippen LogP contribution < -0.4 is 11.1 Å². The third-order valence-electron chi connectivity index (χ3n) is 3.69. The lowest BCUT2D eigenvalue weighted by molar-refractivity contribution is -0.127. The van der Waals surface area contributed by atoms with Gasteiger partial charge in [0.2, 0.25) is 5.91 Å². The molecular weight excluding hydrogens is 256 g/mol. The van der Waals surface area contributed by atoms with E-state index in [4.69, 9.17) is 5.73 Å². The number of carbonyl (C=O) groups is 1. The Kier molecular flexibility index (Phi) is 4.78. The first-order chi connectivity index (χ1) is 9.03. The third kappa shape index (κ3) is 4.21. The Morgan fingerprint density at radius 2 is 1.75 bits per heavy atom. The molecule has 1 atom stereocenters. The summed E-state index contributed by atoms with van der Waals surface area (Å²) in [7, 11) is 0. The highest BCUT2D eigenvalue weighted by Crippen LogP contribution is 2.20. The first-order valence-corrected chi connectivity index (χ1v) is 6.61. The molecule has 5 heteroatoms. The second kappa shape index (κ2) is 5.81. The number of benzene rings is 1. The molecule has 1 amide bonds. The maximum absolute atomic E-state index is 12.1. The molecule has 0 radical (unpaired) electrons. The van der Waals surface area contributed by atoms with Gasteiger partial charge < -0.3 is 21.3 Å². The molecule has 1 aromatic carbocycles. The van der Waals surface area contributed by atoms with E-state index in [9.17, 15) is 15.0 Å². The van der Waals surface area contributed by atoms with Crippen molar-refractivity contribution in [2.45, 2.75) is 51.3 Å². The van der Waals surface area contributed by atoms with Crippen LogP contribution in [-0.2, 0) is 11.2 Å². The first kappa shape index (κ1) is 16.5. The molecule has 1 rings (SSSR count). The number of aromatic hydroxyl groups is 1. The minimum Gasteiger partial charge on any atom is -0.508 e. The second-order valence-electron chi connectivity index (χ2n) is 6.15. The number of nitrogens with two attached hydrogens (primary N) is 1. The highest BCUT2D eigenvalue weighted by atomic mass is 16.3. The Hall–Kier alpha value is -1.59. The van der Waals surface area contributed by atoms with E-state index in [0.717, 1.165) is 5.56 Å². The van der Waals surface area contributed by atoms with Crippen molar-refractivity contribution in [3.63, 3.8) is 0 Å². The zero-order valence-corrected chi connectivity index (χ0v) is 12.5. The van der Waals surface area contributed by atoms with Crippen LogP contribution in [0.1, 0.15) is 33.3 Å². The van der Waals surface area contributed by atoms with Crippen LogP contribution in [0.2, 0.25) is 0 Å². The molecule has 0 saturated heterocycles. The Morgan fingerprint density at radius 3 is 2.20 bits per heavy atom. The molecule has 0 aliphatic rings. The van der Waals surface area contributed by atoms with Gasteiger partial charge in [0.15, 0.2) is 0 Å². The summed E-state index contributed by atoms with van der Waals surface area (Å²) in [5.41, 5.74) is 4.91. The van der Waals surface area contributed by atoms with Crippen LogP contribution in [0.5, 0.6) is 5.75 Å². The van der Waals surface area contributed by atoms with Gasteiger partial charge in [-0.15, -0.1) is 0 Å². The molecule has 20 heavy (non-hydrogen) atoms. The summed E-state index contributed by atoms with van der Waals surface area (Å²) in [5.74, 6) is -0.139. The maximum atomic E-state index is 12.1. The molecule has 5 N–H and O–H groups in total. The SMILES string of the molecule is CC(C)(O)C(C)(C)NC(=O)C(N)Cc1ccc(O)cc1. The van der Waals surface area contributed by atoms with E-state index in [2.05, 4.69) is 5.32 Å². The Bertz CT molecular complexity index is 461. The van der Waals surface area contributed by atoms with Gasteiger partial charge in [0.25, 0.3) is 0 Å². The number of amides is 1. The number of hydrogen-bond donors (Lipinski definition) is 4. The smallest absolute Gasteiger partial charge is 0.237 e. The quantitative estimate of drug-likeness (QED) is 0.645. The van der Waals surface area contributed by atoms with E-state index in [1.807, 2.05) is 0 Å². The number of carbonyl (C=O) groups excluding carboxylic acids is 1. The van der Waals surface area contributed by atoms with Crippen molar-refractivity contribution in [2.75, 3.05) is 0 Å². The van der Waals surface area contributed by atoms with Crippen molar-refractivity contribution < 1.29 is 15.0 Å². The Morgan fingerprint density at radius 1 is 1.25 bits per heavy atom. The first-order valence-electron chi connectivity index (χ1n) is 6.61. The molecule has 0 aliphatic carbocycles. The van der Waals surface area contributed by atoms with Crippen molar-refractivity contribution in [3.8, 4) is 5.75 Å². The van der Waals surface area contributed by atoms with Crippen LogP contribution in [0.15, 0.2) is 24.3 Å². The van der Waals surface area contributed by atoms with Gasteiger partial charge >= 0.3 is 0 Å². The van der Waals surface area contributed by atoms with Crippen molar-refractivity contribution in [2.24, 2.45) is 5.73 Å². The number of phenolic OH excluding ortho intramolecular Hbond substituents is 1. The fraction of sp³-hybridized carbons (Fsp3) is 0.533. The van der Waals surface area contributed by atoms with Gasteiger partial charge in [0.1, 0.15) is 5.75 Å². The number of phenols is 1. The van der Waals surface area contributed by atoms with E-state index in [0.29, 0.717) is 6.42 Å². The highest BCUT2D eigenvalue weighted by molar-refractivity contribution is 5.82. The molecule has 1 aromatic rings. The van der Waals surface area contributed by atoms with Crippen LogP contribution in [0.3, 0.4) is 0 Å². The van der Waals surface area contributed by atoms with Crippen molar-refractivity contribution >= 4 is 5.91 Å². The van der Waals surface area contributed by atoms with Gasteiger partial charge in [0, 0.05) is 0 Å². The highest BCUT2D eigenvalue weighted by Gasteiger charge is 2.37. The number of nitrogens with one attached hydrogen (secondary N) is 1. The third-order valence-corrected chi connectivity index (χ3v) is 3.69. The zero-order valence-electron chi connectivity index (χ0n) is 12.5. The van der Waals surface area contributed by atoms with Crippen LogP contribution in [0.4, 0.5) is 0 Å². The van der Waals surface area contributed by atoms with Crippen molar-refractivity contribution in [1.29, 1.82) is 0 Å². The van der Waals surface area contributed by atoms with E-state index in [-0.39, 0.29) is 11.7 Å². The van der Waals surface area contributed by atoms with Gasteiger partial charge in [-0.05, 0) is 51.8 Å². The number of aliphatic hydroxyl groups is 1. The summed E-state index contributed by atoms with van der Waals surface area (Å²) < 4.78 is 0. The molecule has 0 aromatic heterocycles. The molecule has 0 fully saturated rings. The maximum Gasteiger partial charge on any atom is 0.237 e. The molecule has 0 aliphatic heterocycles. The topological polar surface area (TPSA) is 95.6 Å². The fourth-order valence-electron chi connectivity index (χ4n) is 1.53. The standard InChI is InChI=1S/C15H24N2O3/c1-14(2,15(3,4)20)17-13(19)12(16)9-10-5-7-11(18)8-6-10/h5-8,12,18,20H,9,16H2,1-4H3,(H,17,19). The van der Waals surface area contributed by atoms with Crippen LogP contribution >= 0.6 is 0 Å². The van der Waals surface area contributed by atoms with Crippen LogP contribution in [0.25, 0.3) is 0 Å². The number of hydrogen-bond acceptors (Lipinski definition) is 4. The molecule has 0 saturated carbocycles. The monoisotopic (exact) mass is 280 g/mol. The minimum atomic E-state index is -1.05. The van der Waals surface area contributed by atoms with E-state index < -0.39 is 17.2 Å². The fourth-order valence-corrected chi connectivity index (χ4v) is 1.53. The molecule has 0 bridgehead atoms. The van der Waals surface area contributed by atoms with Crippen molar-refractivity contribution in [3.05, 3.63) is 29.8 Å². The molecular formula is C15H24N2O3. The molecule has 1 unspecified atom stereocenters. The predicted molar refractivity (Wildman–Crippen MR) is 78.3 cm³/mol. The predicted octanol–water partition coefficient (Wildman–Crippen LogP) is 0.928. The lowest BCUT2D eigenvalue weighted by Gasteiger charge is -2.38. The van der Waals surface area contributed by atoms with Gasteiger partial charge in [-0.1, -0.05) is 12.1 Å². The largest absolute Gasteiger partial charge is 0.508 e. The number of rotatable bonds is 5. The van der Waals surface area contributed by atoms with Crippen molar-refractivity contribution in [1.82, 2.24) is 5.32 Å². The van der Waals surface area contributed by atoms with E-state index >= 15 is 0 Å². The second-order valence-corrected chi connectivity index (χ2v) is 6.15. The zero-order chi connectivity index (χ0) is 15.6. The summed E-state index contributed by atoms with van der Waals surface area (Å²) >= 11 is 0. The van der Waals surface area contributed by atoms with Gasteiger partial charge in [-0.2, -0.15) is 0 Å². The van der Waals surface area contributed by atoms with Crippen LogP contribution in [0, 0.1) is 0 Å². The van der Waals surface area contributed by atoms with Crippen LogP contribution in [-0.4, -0.2) is 33.3 Å². The molecule has 0 spiro atoms. The summed E-state index contributed by atoms with van der Waals surface area (Å²) in [6.07, 6.45) is 0.369.